The van der Waals surface area contributed by atoms with Crippen LogP contribution in [0, 0.1) is 18.7 Å². The summed E-state index contributed by atoms with van der Waals surface area (Å²) in [4.78, 5) is 134. The van der Waals surface area contributed by atoms with Gasteiger partial charge in [-0.15, -0.1) is 0 Å². The number of hydrogen-bond donors (Lipinski definition) is 7. The number of imide groups is 1. The van der Waals surface area contributed by atoms with E-state index in [1.165, 1.54) is 10.6 Å². The van der Waals surface area contributed by atoms with Gasteiger partial charge in [-0.1, -0.05) is 44.2 Å². The summed E-state index contributed by atoms with van der Waals surface area (Å²) in [5.74, 6) is -6.21. The quantitative estimate of drug-likeness (QED) is 0.0173. The Bertz CT molecular complexity index is 3130. The second-order valence-electron chi connectivity index (χ2n) is 19.3. The van der Waals surface area contributed by atoms with Crippen molar-refractivity contribution in [2.75, 3.05) is 65.9 Å². The number of pyridine rings is 2. The summed E-state index contributed by atoms with van der Waals surface area (Å²) in [6, 6.07) is 9.76. The van der Waals surface area contributed by atoms with Crippen LogP contribution in [-0.2, 0) is 93.7 Å². The number of aryl methyl sites for hydroxylation is 1. The smallest absolute Gasteiger partial charge is 0.343 e. The van der Waals surface area contributed by atoms with Gasteiger partial charge in [0.05, 0.1) is 81.1 Å². The molecule has 7 N–H and O–H groups in total. The Balaban J connectivity index is 0.780. The first-order valence-electron chi connectivity index (χ1n) is 25.5. The Morgan fingerprint density at radius 1 is 0.859 bits per heavy atom. The van der Waals surface area contributed by atoms with E-state index in [-0.39, 0.29) is 87.6 Å². The highest BCUT2D eigenvalue weighted by Crippen LogP contribution is 2.46. The van der Waals surface area contributed by atoms with Gasteiger partial charge in [0.1, 0.15) is 38.4 Å². The summed E-state index contributed by atoms with van der Waals surface area (Å²) in [5.41, 5.74) is 1.79. The Labute approximate surface area is 445 Å². The number of likely N-dealkylation sites (tertiary alicyclic amines) is 1. The molecule has 8 amide bonds. The number of carbonyl (C=O) groups excluding carboxylic acids is 9. The van der Waals surface area contributed by atoms with Crippen molar-refractivity contribution in [3.05, 3.63) is 97.6 Å². The summed E-state index contributed by atoms with van der Waals surface area (Å²) in [5, 5.41) is 27.2. The molecule has 3 aliphatic heterocycles. The number of carbonyl (C=O) groups is 9. The third-order valence-electron chi connectivity index (χ3n) is 14.1. The molecule has 4 aliphatic rings. The lowest BCUT2D eigenvalue weighted by Crippen LogP contribution is -2.52. The Morgan fingerprint density at radius 2 is 1.56 bits per heavy atom. The molecule has 25 heteroatoms. The van der Waals surface area contributed by atoms with Crippen LogP contribution in [0.5, 0.6) is 0 Å². The molecule has 1 unspecified atom stereocenters. The van der Waals surface area contributed by atoms with Crippen LogP contribution >= 0.6 is 0 Å². The first-order valence-corrected chi connectivity index (χ1v) is 25.5. The summed E-state index contributed by atoms with van der Waals surface area (Å²) < 4.78 is 38.1. The van der Waals surface area contributed by atoms with Crippen molar-refractivity contribution in [1.29, 1.82) is 0 Å². The van der Waals surface area contributed by atoms with E-state index < -0.39 is 110 Å². The molecular weight excluding hydrogens is 1020 g/mol. The topological polar surface area (TPSA) is 321 Å². The first-order chi connectivity index (χ1) is 37.4. The van der Waals surface area contributed by atoms with Crippen LogP contribution in [0.2, 0.25) is 0 Å². The molecule has 414 valence electrons. The van der Waals surface area contributed by atoms with Crippen LogP contribution in [0.25, 0.3) is 22.3 Å². The summed E-state index contributed by atoms with van der Waals surface area (Å²) in [7, 11) is 0. The highest BCUT2D eigenvalue weighted by atomic mass is 19.1. The van der Waals surface area contributed by atoms with E-state index in [2.05, 4.69) is 31.9 Å². The van der Waals surface area contributed by atoms with Gasteiger partial charge < -0.3 is 60.5 Å². The minimum absolute atomic E-state index is 0.0233. The number of hydrogen-bond acceptors (Lipinski definition) is 16. The second kappa shape index (κ2) is 24.6. The lowest BCUT2D eigenvalue weighted by molar-refractivity contribution is -0.172. The fourth-order valence-corrected chi connectivity index (χ4v) is 9.96. The van der Waals surface area contributed by atoms with Crippen molar-refractivity contribution in [3.8, 4) is 11.4 Å². The number of aliphatic hydroxyl groups is 1. The van der Waals surface area contributed by atoms with Crippen molar-refractivity contribution < 1.29 is 71.6 Å². The maximum absolute atomic E-state index is 15.4. The number of aromatic nitrogens is 2. The molecule has 8 rings (SSSR count). The number of halogens is 1. The van der Waals surface area contributed by atoms with Crippen LogP contribution in [0.3, 0.4) is 0 Å². The molecule has 5 heterocycles. The molecule has 24 nitrogen and oxygen atoms in total. The van der Waals surface area contributed by atoms with E-state index >= 15 is 4.39 Å². The molecule has 4 aromatic rings. The minimum atomic E-state index is -2.06. The molecule has 1 saturated heterocycles. The van der Waals surface area contributed by atoms with Gasteiger partial charge in [0.2, 0.25) is 47.3 Å². The Kier molecular flexibility index (Phi) is 17.7. The number of esters is 1. The van der Waals surface area contributed by atoms with Gasteiger partial charge >= 0.3 is 5.97 Å². The highest BCUT2D eigenvalue weighted by molar-refractivity contribution is 6.03. The van der Waals surface area contributed by atoms with Gasteiger partial charge in [0.25, 0.3) is 5.56 Å². The van der Waals surface area contributed by atoms with Crippen molar-refractivity contribution in [1.82, 2.24) is 46.4 Å². The average Bonchev–Trinajstić information content (AvgIpc) is 4.14. The third-order valence-corrected chi connectivity index (χ3v) is 14.1. The molecule has 2 aromatic heterocycles. The molecule has 0 spiro atoms. The maximum Gasteiger partial charge on any atom is 0.343 e. The van der Waals surface area contributed by atoms with E-state index in [9.17, 15) is 53.1 Å². The lowest BCUT2D eigenvalue weighted by atomic mass is 9.81. The zero-order valence-electron chi connectivity index (χ0n) is 43.2. The third kappa shape index (κ3) is 12.4. The highest BCUT2D eigenvalue weighted by Gasteiger charge is 2.46. The normalized spacial score (nSPS) is 18.3. The van der Waals surface area contributed by atoms with Crippen LogP contribution in [0.1, 0.15) is 78.1 Å². The number of nitrogens with one attached hydrogen (secondary N) is 6. The molecule has 78 heavy (non-hydrogen) atoms. The van der Waals surface area contributed by atoms with Crippen molar-refractivity contribution in [2.24, 2.45) is 5.92 Å². The predicted molar refractivity (Wildman–Crippen MR) is 271 cm³/mol. The van der Waals surface area contributed by atoms with Gasteiger partial charge in [0, 0.05) is 41.3 Å². The van der Waals surface area contributed by atoms with Crippen LogP contribution in [-0.4, -0.2) is 145 Å². The first kappa shape index (κ1) is 56.2. The van der Waals surface area contributed by atoms with Crippen molar-refractivity contribution in [3.63, 3.8) is 0 Å². The van der Waals surface area contributed by atoms with Gasteiger partial charge in [-0.2, -0.15) is 0 Å². The second-order valence-corrected chi connectivity index (χ2v) is 19.3. The molecule has 2 aromatic carbocycles. The van der Waals surface area contributed by atoms with Gasteiger partial charge in [0.15, 0.2) is 5.60 Å². The zero-order valence-corrected chi connectivity index (χ0v) is 43.2. The molecule has 0 bridgehead atoms. The standard InChI is InChI=1S/C53H60FN9O15/c1-4-53(74)34-18-39-48-32(23-63(39)51(72)33(34)24-78-52(53)73)47-36(11-10-31-29(3)35(54)19-37(61-48)46(31)47)59-44(68)26-77-27-58-41(65)21-57-49(70)38(17-30-8-6-5-7-9-30)60-42(66)22-55-40(64)20-56-43(67)25-76-15-14-75-13-12-62-45(69)16-28(2)50(62)71/h5-9,18-19,28,36,38,74H,4,10-17,20-27H2,1-3H3,(H,55,64)(H,56,67)(H,57,70)(H,58,65)(H,59,68)(H,60,66)/t28?,36-,38-,53-/m0/s1. The lowest BCUT2D eigenvalue weighted by Gasteiger charge is -2.31. The summed E-state index contributed by atoms with van der Waals surface area (Å²) >= 11 is 0. The maximum atomic E-state index is 15.4. The number of cyclic esters (lactones) is 1. The number of benzene rings is 2. The minimum Gasteiger partial charge on any atom is -0.458 e. The van der Waals surface area contributed by atoms with E-state index in [1.807, 2.05) is 0 Å². The summed E-state index contributed by atoms with van der Waals surface area (Å²) in [6.45, 7) is 2.15. The largest absolute Gasteiger partial charge is 0.458 e. The van der Waals surface area contributed by atoms with Gasteiger partial charge in [-0.25, -0.2) is 14.2 Å². The number of nitrogens with zero attached hydrogens (tertiary/aromatic N) is 3. The molecule has 1 aliphatic carbocycles. The molecule has 4 atom stereocenters. The number of fused-ring (bicyclic) bond motifs is 5. The van der Waals surface area contributed by atoms with E-state index in [4.69, 9.17) is 23.9 Å². The fourth-order valence-electron chi connectivity index (χ4n) is 9.96. The van der Waals surface area contributed by atoms with Crippen LogP contribution in [0.4, 0.5) is 4.39 Å². The zero-order chi connectivity index (χ0) is 55.8. The predicted octanol–water partition coefficient (Wildman–Crippen LogP) is -0.775. The van der Waals surface area contributed by atoms with Crippen LogP contribution < -0.4 is 37.5 Å². The fraction of sp³-hybridized carbons (Fsp3) is 0.453. The van der Waals surface area contributed by atoms with E-state index in [0.717, 1.165) is 10.5 Å². The Morgan fingerprint density at radius 3 is 2.31 bits per heavy atom. The van der Waals surface area contributed by atoms with Gasteiger partial charge in [-0.3, -0.25) is 48.1 Å². The van der Waals surface area contributed by atoms with Gasteiger partial charge in [-0.05, 0) is 54.5 Å². The monoisotopic (exact) mass is 1080 g/mol. The van der Waals surface area contributed by atoms with E-state index in [1.54, 1.807) is 57.2 Å². The molecule has 0 radical (unpaired) electrons. The Hall–Kier alpha value is -8.00. The average molecular weight is 1080 g/mol. The van der Waals surface area contributed by atoms with Crippen molar-refractivity contribution in [2.45, 2.75) is 83.7 Å². The van der Waals surface area contributed by atoms with Crippen LogP contribution in [0.15, 0.2) is 47.3 Å². The number of rotatable bonds is 24. The molecular formula is C53H60FN9O15. The number of amides is 8. The van der Waals surface area contributed by atoms with E-state index in [0.29, 0.717) is 57.4 Å². The van der Waals surface area contributed by atoms with Crippen molar-refractivity contribution >= 4 is 64.1 Å². The summed E-state index contributed by atoms with van der Waals surface area (Å²) in [6.07, 6.45) is 0.902. The molecule has 1 fully saturated rings. The molecule has 0 saturated carbocycles. The number of ether oxygens (including phenoxy) is 4. The SMILES string of the molecule is CC[C@@]1(O)C(=O)OCc2c1cc1n(c2=O)Cc2c-1nc1cc(F)c(C)c3c1c2[C@@H](NC(=O)COCNC(=O)CNC(=O)[C@H](Cc1ccccc1)NC(=O)CNC(=O)CNC(=O)COCCOCCN1C(=O)CC(C)C1=O)CC3.